The van der Waals surface area contributed by atoms with Crippen LogP contribution in [0.25, 0.3) is 0 Å². The van der Waals surface area contributed by atoms with Crippen LogP contribution in [-0.4, -0.2) is 44.3 Å². The standard InChI is InChI=1S/C14H16O8/c15-11(16)7-1-5-2-9(13(19)20)10(14(21)22)4-6(5)3-8(7)12(17)18/h7-10H,1-4H2,(H,15,16)(H,17,18)(H,19,20)(H,21,22)/t7-,8+,9-,10+. The Morgan fingerprint density at radius 1 is 0.545 bits per heavy atom. The van der Waals surface area contributed by atoms with Gasteiger partial charge in [-0.1, -0.05) is 11.1 Å². The predicted octanol–water partition coefficient (Wildman–Crippen LogP) is 0.674. The summed E-state index contributed by atoms with van der Waals surface area (Å²) in [6.45, 7) is 0. The van der Waals surface area contributed by atoms with Gasteiger partial charge in [-0.15, -0.1) is 0 Å². The van der Waals surface area contributed by atoms with E-state index in [9.17, 15) is 19.2 Å². The first kappa shape index (κ1) is 16.0. The highest BCUT2D eigenvalue weighted by atomic mass is 16.4. The van der Waals surface area contributed by atoms with Crippen molar-refractivity contribution >= 4 is 23.9 Å². The van der Waals surface area contributed by atoms with E-state index in [0.29, 0.717) is 11.1 Å². The Labute approximate surface area is 125 Å². The van der Waals surface area contributed by atoms with E-state index in [2.05, 4.69) is 0 Å². The normalized spacial score (nSPS) is 31.3. The first-order valence-electron chi connectivity index (χ1n) is 6.83. The van der Waals surface area contributed by atoms with E-state index in [1.165, 1.54) is 0 Å². The van der Waals surface area contributed by atoms with Crippen LogP contribution in [0.4, 0.5) is 0 Å². The van der Waals surface area contributed by atoms with Crippen molar-refractivity contribution in [3.63, 3.8) is 0 Å². The zero-order chi connectivity index (χ0) is 16.6. The van der Waals surface area contributed by atoms with Crippen molar-refractivity contribution < 1.29 is 39.6 Å². The Bertz CT molecular complexity index is 477. The average Bonchev–Trinajstić information content (AvgIpc) is 2.43. The Kier molecular flexibility index (Phi) is 4.20. The third kappa shape index (κ3) is 2.81. The van der Waals surface area contributed by atoms with E-state index in [-0.39, 0.29) is 25.7 Å². The molecule has 0 saturated heterocycles. The minimum Gasteiger partial charge on any atom is -0.481 e. The summed E-state index contributed by atoms with van der Waals surface area (Å²) in [7, 11) is 0. The molecule has 0 saturated carbocycles. The van der Waals surface area contributed by atoms with Crippen LogP contribution in [0, 0.1) is 23.7 Å². The molecule has 2 rings (SSSR count). The lowest BCUT2D eigenvalue weighted by Crippen LogP contribution is -2.39. The molecule has 8 nitrogen and oxygen atoms in total. The SMILES string of the molecule is O=C(O)[C@H]1CC2=C(C[C@H]1C(=O)O)C[C@@H](C(=O)O)[C@@H](C(=O)O)C2. The molecular weight excluding hydrogens is 296 g/mol. The minimum atomic E-state index is -1.23. The number of hydrogen-bond donors (Lipinski definition) is 4. The van der Waals surface area contributed by atoms with Gasteiger partial charge in [0.1, 0.15) is 0 Å². The number of rotatable bonds is 4. The Hall–Kier alpha value is -2.38. The second-order valence-corrected chi connectivity index (χ2v) is 5.80. The molecule has 0 radical (unpaired) electrons. The molecule has 2 aliphatic rings. The lowest BCUT2D eigenvalue weighted by Gasteiger charge is -2.37. The van der Waals surface area contributed by atoms with Crippen LogP contribution in [0.1, 0.15) is 25.7 Å². The van der Waals surface area contributed by atoms with Gasteiger partial charge in [0.15, 0.2) is 0 Å². The van der Waals surface area contributed by atoms with Crippen LogP contribution in [-0.2, 0) is 19.2 Å². The van der Waals surface area contributed by atoms with E-state index in [1.54, 1.807) is 0 Å². The molecule has 0 bridgehead atoms. The van der Waals surface area contributed by atoms with Gasteiger partial charge in [-0.05, 0) is 25.7 Å². The smallest absolute Gasteiger partial charge is 0.307 e. The molecule has 4 N–H and O–H groups in total. The summed E-state index contributed by atoms with van der Waals surface area (Å²) in [6, 6.07) is 0. The van der Waals surface area contributed by atoms with Gasteiger partial charge in [0.25, 0.3) is 0 Å². The molecule has 0 aromatic carbocycles. The summed E-state index contributed by atoms with van der Waals surface area (Å²) in [5.74, 6) is -9.34. The molecule has 22 heavy (non-hydrogen) atoms. The quantitative estimate of drug-likeness (QED) is 0.553. The van der Waals surface area contributed by atoms with Crippen molar-refractivity contribution in [2.45, 2.75) is 25.7 Å². The highest BCUT2D eigenvalue weighted by molar-refractivity contribution is 5.83. The Morgan fingerprint density at radius 3 is 0.864 bits per heavy atom. The molecule has 2 aliphatic carbocycles. The van der Waals surface area contributed by atoms with Crippen LogP contribution in [0.5, 0.6) is 0 Å². The van der Waals surface area contributed by atoms with Gasteiger partial charge in [-0.2, -0.15) is 0 Å². The van der Waals surface area contributed by atoms with Gasteiger partial charge < -0.3 is 20.4 Å². The maximum atomic E-state index is 11.2. The molecule has 0 unspecified atom stereocenters. The number of carbonyl (C=O) groups is 4. The van der Waals surface area contributed by atoms with Crippen LogP contribution >= 0.6 is 0 Å². The monoisotopic (exact) mass is 312 g/mol. The topological polar surface area (TPSA) is 149 Å². The zero-order valence-corrected chi connectivity index (χ0v) is 11.6. The first-order chi connectivity index (χ1) is 10.2. The average molecular weight is 312 g/mol. The maximum Gasteiger partial charge on any atom is 0.307 e. The van der Waals surface area contributed by atoms with Crippen molar-refractivity contribution in [2.24, 2.45) is 23.7 Å². The fourth-order valence-corrected chi connectivity index (χ4v) is 3.41. The van der Waals surface area contributed by atoms with E-state index in [0.717, 1.165) is 0 Å². The minimum absolute atomic E-state index is 0.0300. The summed E-state index contributed by atoms with van der Waals surface area (Å²) in [5, 5.41) is 36.7. The molecule has 0 spiro atoms. The van der Waals surface area contributed by atoms with E-state index < -0.39 is 47.5 Å². The molecule has 0 amide bonds. The van der Waals surface area contributed by atoms with Crippen LogP contribution in [0.2, 0.25) is 0 Å². The predicted molar refractivity (Wildman–Crippen MR) is 70.0 cm³/mol. The van der Waals surface area contributed by atoms with Crippen molar-refractivity contribution in [1.82, 2.24) is 0 Å². The maximum absolute atomic E-state index is 11.2. The highest BCUT2D eigenvalue weighted by Crippen LogP contribution is 2.45. The summed E-state index contributed by atoms with van der Waals surface area (Å²) in [6.07, 6.45) is -0.120. The molecule has 0 aromatic heterocycles. The first-order valence-corrected chi connectivity index (χ1v) is 6.83. The highest BCUT2D eigenvalue weighted by Gasteiger charge is 2.45. The second-order valence-electron chi connectivity index (χ2n) is 5.80. The summed E-state index contributed by atoms with van der Waals surface area (Å²) in [5.41, 5.74) is 1.18. The van der Waals surface area contributed by atoms with Gasteiger partial charge >= 0.3 is 23.9 Å². The van der Waals surface area contributed by atoms with Gasteiger partial charge in [-0.25, -0.2) is 0 Å². The van der Waals surface area contributed by atoms with Crippen molar-refractivity contribution in [3.8, 4) is 0 Å². The molecule has 0 fully saturated rings. The van der Waals surface area contributed by atoms with Gasteiger partial charge in [-0.3, -0.25) is 19.2 Å². The number of aliphatic carboxylic acids is 4. The van der Waals surface area contributed by atoms with Gasteiger partial charge in [0.05, 0.1) is 23.7 Å². The summed E-state index contributed by atoms with van der Waals surface area (Å²) < 4.78 is 0. The van der Waals surface area contributed by atoms with Crippen LogP contribution < -0.4 is 0 Å². The third-order valence-corrected chi connectivity index (χ3v) is 4.61. The molecule has 4 atom stereocenters. The fourth-order valence-electron chi connectivity index (χ4n) is 3.41. The number of carboxylic acid groups (broad SMARTS) is 4. The van der Waals surface area contributed by atoms with Gasteiger partial charge in [0, 0.05) is 0 Å². The van der Waals surface area contributed by atoms with E-state index in [1.807, 2.05) is 0 Å². The van der Waals surface area contributed by atoms with Crippen molar-refractivity contribution in [2.75, 3.05) is 0 Å². The molecule has 0 aliphatic heterocycles. The van der Waals surface area contributed by atoms with E-state index in [4.69, 9.17) is 20.4 Å². The summed E-state index contributed by atoms with van der Waals surface area (Å²) in [4.78, 5) is 44.9. The molecule has 0 aromatic rings. The Morgan fingerprint density at radius 2 is 0.727 bits per heavy atom. The molecule has 120 valence electrons. The number of carboxylic acids is 4. The zero-order valence-electron chi connectivity index (χ0n) is 11.6. The number of hydrogen-bond acceptors (Lipinski definition) is 4. The number of allylic oxidation sites excluding steroid dienone is 2. The van der Waals surface area contributed by atoms with Crippen molar-refractivity contribution in [3.05, 3.63) is 11.1 Å². The largest absolute Gasteiger partial charge is 0.481 e. The molecular formula is C14H16O8. The Balaban J connectivity index is 2.35. The third-order valence-electron chi connectivity index (χ3n) is 4.61. The lowest BCUT2D eigenvalue weighted by atomic mass is 9.66. The molecule has 8 heteroatoms. The van der Waals surface area contributed by atoms with Crippen LogP contribution in [0.15, 0.2) is 11.1 Å². The van der Waals surface area contributed by atoms with Crippen molar-refractivity contribution in [1.29, 1.82) is 0 Å². The van der Waals surface area contributed by atoms with Crippen LogP contribution in [0.3, 0.4) is 0 Å². The molecule has 0 heterocycles. The lowest BCUT2D eigenvalue weighted by molar-refractivity contribution is -0.156. The summed E-state index contributed by atoms with van der Waals surface area (Å²) >= 11 is 0. The fraction of sp³-hybridized carbons (Fsp3) is 0.571. The van der Waals surface area contributed by atoms with E-state index >= 15 is 0 Å². The second kappa shape index (κ2) is 5.78. The van der Waals surface area contributed by atoms with Gasteiger partial charge in [0.2, 0.25) is 0 Å².